The van der Waals surface area contributed by atoms with Crippen molar-refractivity contribution < 1.29 is 22.0 Å². The summed E-state index contributed by atoms with van der Waals surface area (Å²) in [6.07, 6.45) is 1.40. The number of carbonyl (C=O) groups excluding carboxylic acids is 1. The highest BCUT2D eigenvalue weighted by atomic mass is 35.5. The van der Waals surface area contributed by atoms with Gasteiger partial charge in [-0.3, -0.25) is 4.79 Å². The van der Waals surface area contributed by atoms with Crippen LogP contribution in [0, 0.1) is 11.6 Å². The first-order chi connectivity index (χ1) is 15.2. The van der Waals surface area contributed by atoms with Crippen LogP contribution in [0.25, 0.3) is 10.9 Å². The second kappa shape index (κ2) is 8.72. The molecule has 0 radical (unpaired) electrons. The van der Waals surface area contributed by atoms with Crippen LogP contribution in [0.2, 0.25) is 5.02 Å². The Bertz CT molecular complexity index is 1420. The van der Waals surface area contributed by atoms with Crippen LogP contribution in [-0.4, -0.2) is 18.9 Å². The second-order valence-electron chi connectivity index (χ2n) is 7.20. The minimum atomic E-state index is -3.74. The Morgan fingerprint density at radius 3 is 2.44 bits per heavy atom. The number of carbonyl (C=O) groups is 1. The Balaban J connectivity index is 1.63. The van der Waals surface area contributed by atoms with Gasteiger partial charge in [0, 0.05) is 28.2 Å². The summed E-state index contributed by atoms with van der Waals surface area (Å²) in [4.78, 5) is 12.6. The normalized spacial score (nSPS) is 11.6. The number of hydrogen-bond acceptors (Lipinski definition) is 3. The lowest BCUT2D eigenvalue weighted by atomic mass is 10.2. The molecule has 1 aromatic heterocycles. The zero-order valence-electron chi connectivity index (χ0n) is 16.6. The molecule has 0 spiro atoms. The van der Waals surface area contributed by atoms with Gasteiger partial charge in [-0.1, -0.05) is 41.9 Å². The Hall–Kier alpha value is -3.23. The fourth-order valence-electron chi connectivity index (χ4n) is 3.40. The number of aromatic nitrogens is 1. The third-order valence-electron chi connectivity index (χ3n) is 4.88. The van der Waals surface area contributed by atoms with Gasteiger partial charge < -0.3 is 9.88 Å². The summed E-state index contributed by atoms with van der Waals surface area (Å²) >= 11 is 5.87. The molecule has 164 valence electrons. The lowest BCUT2D eigenvalue weighted by molar-refractivity contribution is -0.116. The Morgan fingerprint density at radius 2 is 1.72 bits per heavy atom. The van der Waals surface area contributed by atoms with E-state index < -0.39 is 27.4 Å². The zero-order valence-corrected chi connectivity index (χ0v) is 18.1. The topological polar surface area (TPSA) is 68.2 Å². The maximum Gasteiger partial charge on any atom is 0.244 e. The van der Waals surface area contributed by atoms with Crippen LogP contribution in [0.5, 0.6) is 0 Å². The number of anilines is 1. The molecular weight excluding hydrogens is 458 g/mol. The molecule has 0 fully saturated rings. The summed E-state index contributed by atoms with van der Waals surface area (Å²) in [6, 6.07) is 16.1. The lowest BCUT2D eigenvalue weighted by Crippen LogP contribution is -2.19. The minimum Gasteiger partial charge on any atom is -0.337 e. The summed E-state index contributed by atoms with van der Waals surface area (Å²) < 4.78 is 54.7. The van der Waals surface area contributed by atoms with Crippen molar-refractivity contribution in [1.29, 1.82) is 0 Å². The number of sulfone groups is 1. The predicted octanol–water partition coefficient (Wildman–Crippen LogP) is 5.19. The van der Waals surface area contributed by atoms with Crippen LogP contribution < -0.4 is 5.32 Å². The predicted molar refractivity (Wildman–Crippen MR) is 119 cm³/mol. The molecule has 1 N–H and O–H groups in total. The number of rotatable bonds is 6. The van der Waals surface area contributed by atoms with Crippen LogP contribution in [0.1, 0.15) is 5.56 Å². The van der Waals surface area contributed by atoms with E-state index in [9.17, 15) is 22.0 Å². The van der Waals surface area contributed by atoms with Gasteiger partial charge in [0.15, 0.2) is 9.84 Å². The van der Waals surface area contributed by atoms with Crippen molar-refractivity contribution in [2.75, 3.05) is 5.32 Å². The maximum absolute atomic E-state index is 13.8. The van der Waals surface area contributed by atoms with E-state index >= 15 is 0 Å². The molecule has 5 nitrogen and oxygen atoms in total. The number of para-hydroxylation sites is 1. The van der Waals surface area contributed by atoms with Crippen molar-refractivity contribution in [1.82, 2.24) is 4.57 Å². The largest absolute Gasteiger partial charge is 0.337 e. The van der Waals surface area contributed by atoms with Crippen LogP contribution in [0.4, 0.5) is 14.5 Å². The third-order valence-corrected chi connectivity index (χ3v) is 6.84. The van der Waals surface area contributed by atoms with Gasteiger partial charge in [-0.25, -0.2) is 17.2 Å². The molecule has 0 unspecified atom stereocenters. The average molecular weight is 475 g/mol. The van der Waals surface area contributed by atoms with E-state index in [0.29, 0.717) is 27.6 Å². The first-order valence-corrected chi connectivity index (χ1v) is 11.6. The van der Waals surface area contributed by atoms with E-state index in [0.717, 1.165) is 12.1 Å². The number of nitrogens with zero attached hydrogens (tertiary/aromatic N) is 1. The van der Waals surface area contributed by atoms with E-state index in [2.05, 4.69) is 5.32 Å². The van der Waals surface area contributed by atoms with Crippen LogP contribution in [-0.2, 0) is 26.9 Å². The fourth-order valence-corrected chi connectivity index (χ4v) is 5.11. The second-order valence-corrected chi connectivity index (χ2v) is 9.59. The summed E-state index contributed by atoms with van der Waals surface area (Å²) in [5, 5.41) is 3.36. The molecule has 4 rings (SSSR count). The number of amides is 1. The minimum absolute atomic E-state index is 0.0869. The molecule has 0 aliphatic heterocycles. The summed E-state index contributed by atoms with van der Waals surface area (Å²) in [6.45, 7) is -0.256. The number of nitrogens with one attached hydrogen (secondary N) is 1. The smallest absolute Gasteiger partial charge is 0.244 e. The zero-order chi connectivity index (χ0) is 22.9. The van der Waals surface area contributed by atoms with Crippen molar-refractivity contribution in [3.8, 4) is 0 Å². The van der Waals surface area contributed by atoms with Crippen LogP contribution in [0.15, 0.2) is 77.8 Å². The van der Waals surface area contributed by atoms with Crippen molar-refractivity contribution >= 4 is 43.9 Å². The lowest BCUT2D eigenvalue weighted by Gasteiger charge is -2.08. The van der Waals surface area contributed by atoms with Crippen molar-refractivity contribution in [2.24, 2.45) is 0 Å². The summed E-state index contributed by atoms with van der Waals surface area (Å²) in [5.41, 5.74) is 0.955. The average Bonchev–Trinajstić information content (AvgIpc) is 3.11. The molecule has 32 heavy (non-hydrogen) atoms. The molecule has 0 aliphatic rings. The molecule has 0 saturated carbocycles. The Kier molecular flexibility index (Phi) is 5.99. The van der Waals surface area contributed by atoms with E-state index in [4.69, 9.17) is 11.6 Å². The van der Waals surface area contributed by atoms with E-state index in [-0.39, 0.29) is 22.9 Å². The van der Waals surface area contributed by atoms with Gasteiger partial charge in [0.25, 0.3) is 0 Å². The van der Waals surface area contributed by atoms with Crippen molar-refractivity contribution in [3.63, 3.8) is 0 Å². The van der Waals surface area contributed by atoms with Crippen LogP contribution >= 0.6 is 11.6 Å². The fraction of sp³-hybridized carbons (Fsp3) is 0.0870. The molecule has 0 aliphatic carbocycles. The van der Waals surface area contributed by atoms with Gasteiger partial charge in [0.2, 0.25) is 5.91 Å². The number of benzene rings is 3. The highest BCUT2D eigenvalue weighted by molar-refractivity contribution is 7.90. The van der Waals surface area contributed by atoms with Crippen molar-refractivity contribution in [3.05, 3.63) is 95.1 Å². The highest BCUT2D eigenvalue weighted by Crippen LogP contribution is 2.28. The third kappa shape index (κ3) is 4.66. The number of fused-ring (bicyclic) bond motifs is 1. The SMILES string of the molecule is O=C(Cn1cc(S(=O)(=O)Cc2ccc(Cl)cc2)c2ccccc21)Nc1ccc(F)cc1F. The van der Waals surface area contributed by atoms with E-state index in [1.807, 2.05) is 0 Å². The maximum atomic E-state index is 13.8. The molecule has 9 heteroatoms. The molecule has 4 aromatic rings. The quantitative estimate of drug-likeness (QED) is 0.418. The van der Waals surface area contributed by atoms with Gasteiger partial charge in [0.1, 0.15) is 18.2 Å². The van der Waals surface area contributed by atoms with Crippen molar-refractivity contribution in [2.45, 2.75) is 17.2 Å². The summed E-state index contributed by atoms with van der Waals surface area (Å²) in [7, 11) is -3.74. The molecule has 0 bridgehead atoms. The van der Waals surface area contributed by atoms with E-state index in [1.165, 1.54) is 10.8 Å². The van der Waals surface area contributed by atoms with Gasteiger partial charge in [-0.05, 0) is 35.9 Å². The molecule has 1 amide bonds. The van der Waals surface area contributed by atoms with Crippen LogP contribution in [0.3, 0.4) is 0 Å². The molecule has 0 atom stereocenters. The molecule has 0 saturated heterocycles. The first-order valence-electron chi connectivity index (χ1n) is 9.53. The standard InChI is InChI=1S/C23H17ClF2N2O3S/c24-16-7-5-15(6-8-16)14-32(30,31)22-12-28(21-4-2-1-3-18(21)22)13-23(29)27-20-10-9-17(25)11-19(20)26/h1-12H,13-14H2,(H,27,29). The van der Waals surface area contributed by atoms with Gasteiger partial charge in [-0.2, -0.15) is 0 Å². The summed E-state index contributed by atoms with van der Waals surface area (Å²) in [5.74, 6) is -2.47. The van der Waals surface area contributed by atoms with Gasteiger partial charge in [0.05, 0.1) is 16.3 Å². The van der Waals surface area contributed by atoms with Gasteiger partial charge in [-0.15, -0.1) is 0 Å². The Labute approximate surface area is 188 Å². The number of halogens is 3. The highest BCUT2D eigenvalue weighted by Gasteiger charge is 2.22. The molecule has 3 aromatic carbocycles. The number of hydrogen-bond donors (Lipinski definition) is 1. The Morgan fingerprint density at radius 1 is 1.00 bits per heavy atom. The monoisotopic (exact) mass is 474 g/mol. The van der Waals surface area contributed by atoms with E-state index in [1.54, 1.807) is 48.5 Å². The molecule has 1 heterocycles. The molecular formula is C23H17ClF2N2O3S. The van der Waals surface area contributed by atoms with Gasteiger partial charge >= 0.3 is 0 Å². The first kappa shape index (κ1) is 22.0.